The summed E-state index contributed by atoms with van der Waals surface area (Å²) in [6.07, 6.45) is 3.36. The highest BCUT2D eigenvalue weighted by Gasteiger charge is 2.29. The van der Waals surface area contributed by atoms with Crippen LogP contribution in [-0.2, 0) is 4.79 Å². The van der Waals surface area contributed by atoms with Crippen molar-refractivity contribution in [2.45, 2.75) is 19.3 Å². The predicted molar refractivity (Wildman–Crippen MR) is 74.7 cm³/mol. The van der Waals surface area contributed by atoms with Crippen LogP contribution in [0.3, 0.4) is 0 Å². The molecule has 2 aliphatic heterocycles. The van der Waals surface area contributed by atoms with Gasteiger partial charge < -0.3 is 5.32 Å². The standard InChI is InChI=1S/C13H13BrFN3O/c14-10-7-8(15)6-9-11(10)16-13(19)12(9)17-18-4-2-1-3-5-18/h6-7H,1-5H2,(H,16,17,19). The molecule has 6 heteroatoms. The molecule has 1 amide bonds. The number of hydrogen-bond acceptors (Lipinski definition) is 3. The summed E-state index contributed by atoms with van der Waals surface area (Å²) < 4.78 is 14.0. The molecule has 0 unspecified atom stereocenters. The van der Waals surface area contributed by atoms with Gasteiger partial charge in [-0.05, 0) is 47.3 Å². The molecule has 19 heavy (non-hydrogen) atoms. The Labute approximate surface area is 118 Å². The highest BCUT2D eigenvalue weighted by Crippen LogP contribution is 2.33. The minimum absolute atomic E-state index is 0.271. The molecule has 0 saturated carbocycles. The van der Waals surface area contributed by atoms with Crippen LogP contribution in [-0.4, -0.2) is 29.7 Å². The molecule has 1 saturated heterocycles. The monoisotopic (exact) mass is 325 g/mol. The second-order valence-corrected chi connectivity index (χ2v) is 5.58. The first kappa shape index (κ1) is 12.6. The maximum absolute atomic E-state index is 13.5. The Kier molecular flexibility index (Phi) is 3.26. The number of carbonyl (C=O) groups is 1. The summed E-state index contributed by atoms with van der Waals surface area (Å²) in [6.45, 7) is 1.70. The number of piperidine rings is 1. The summed E-state index contributed by atoms with van der Waals surface area (Å²) in [6, 6.07) is 2.68. The van der Waals surface area contributed by atoms with Crippen LogP contribution in [0.2, 0.25) is 0 Å². The quantitative estimate of drug-likeness (QED) is 0.862. The van der Waals surface area contributed by atoms with Crippen molar-refractivity contribution in [3.63, 3.8) is 0 Å². The van der Waals surface area contributed by atoms with Crippen LogP contribution in [0.25, 0.3) is 0 Å². The number of carbonyl (C=O) groups excluding carboxylic acids is 1. The van der Waals surface area contributed by atoms with Crippen LogP contribution in [0, 0.1) is 5.82 Å². The van der Waals surface area contributed by atoms with Crippen LogP contribution >= 0.6 is 15.9 Å². The molecule has 4 nitrogen and oxygen atoms in total. The van der Waals surface area contributed by atoms with E-state index in [0.717, 1.165) is 25.9 Å². The van der Waals surface area contributed by atoms with E-state index in [0.29, 0.717) is 21.4 Å². The highest BCUT2D eigenvalue weighted by atomic mass is 79.9. The first-order valence-electron chi connectivity index (χ1n) is 6.29. The van der Waals surface area contributed by atoms with E-state index in [4.69, 9.17) is 0 Å². The van der Waals surface area contributed by atoms with E-state index in [2.05, 4.69) is 26.3 Å². The Morgan fingerprint density at radius 3 is 2.74 bits per heavy atom. The first-order valence-corrected chi connectivity index (χ1v) is 7.09. The van der Waals surface area contributed by atoms with Crippen molar-refractivity contribution in [2.24, 2.45) is 5.10 Å². The number of hydrogen-bond donors (Lipinski definition) is 1. The van der Waals surface area contributed by atoms with Crippen molar-refractivity contribution in [1.29, 1.82) is 0 Å². The Bertz CT molecular complexity index is 567. The van der Waals surface area contributed by atoms with Gasteiger partial charge in [0, 0.05) is 23.1 Å². The number of nitrogens with zero attached hydrogens (tertiary/aromatic N) is 2. The van der Waals surface area contributed by atoms with E-state index in [1.165, 1.54) is 18.6 Å². The molecule has 1 aromatic carbocycles. The second-order valence-electron chi connectivity index (χ2n) is 4.73. The van der Waals surface area contributed by atoms with Gasteiger partial charge in [0.15, 0.2) is 5.71 Å². The van der Waals surface area contributed by atoms with Crippen molar-refractivity contribution in [2.75, 3.05) is 18.4 Å². The van der Waals surface area contributed by atoms with Gasteiger partial charge in [-0.25, -0.2) is 4.39 Å². The normalized spacial score (nSPS) is 20.6. The maximum Gasteiger partial charge on any atom is 0.276 e. The van der Waals surface area contributed by atoms with Gasteiger partial charge in [0.05, 0.1) is 5.69 Å². The van der Waals surface area contributed by atoms with Crippen LogP contribution in [0.1, 0.15) is 24.8 Å². The molecule has 2 aliphatic rings. The summed E-state index contributed by atoms with van der Waals surface area (Å²) in [5, 5.41) is 9.01. The first-order chi connectivity index (χ1) is 9.15. The minimum atomic E-state index is -0.381. The highest BCUT2D eigenvalue weighted by molar-refractivity contribution is 9.10. The number of halogens is 2. The van der Waals surface area contributed by atoms with Gasteiger partial charge in [0.25, 0.3) is 5.91 Å². The number of anilines is 1. The Hall–Kier alpha value is -1.43. The van der Waals surface area contributed by atoms with Crippen molar-refractivity contribution >= 4 is 33.2 Å². The van der Waals surface area contributed by atoms with E-state index in [9.17, 15) is 9.18 Å². The Balaban J connectivity index is 1.99. The van der Waals surface area contributed by atoms with Crippen molar-refractivity contribution < 1.29 is 9.18 Å². The number of amides is 1. The average molecular weight is 326 g/mol. The molecule has 0 bridgehead atoms. The van der Waals surface area contributed by atoms with Crippen LogP contribution < -0.4 is 5.32 Å². The molecule has 1 aromatic rings. The number of benzene rings is 1. The van der Waals surface area contributed by atoms with Gasteiger partial charge in [0.2, 0.25) is 0 Å². The van der Waals surface area contributed by atoms with Gasteiger partial charge in [-0.15, -0.1) is 0 Å². The van der Waals surface area contributed by atoms with Gasteiger partial charge in [0.1, 0.15) is 5.82 Å². The molecule has 0 aliphatic carbocycles. The number of fused-ring (bicyclic) bond motifs is 1. The van der Waals surface area contributed by atoms with Crippen LogP contribution in [0.5, 0.6) is 0 Å². The molecule has 1 N–H and O–H groups in total. The van der Waals surface area contributed by atoms with E-state index in [-0.39, 0.29) is 11.7 Å². The lowest BCUT2D eigenvalue weighted by Crippen LogP contribution is -2.28. The van der Waals surface area contributed by atoms with Gasteiger partial charge in [-0.3, -0.25) is 9.80 Å². The molecule has 1 fully saturated rings. The lowest BCUT2D eigenvalue weighted by Gasteiger charge is -2.23. The lowest BCUT2D eigenvalue weighted by molar-refractivity contribution is -0.110. The molecule has 0 radical (unpaired) electrons. The largest absolute Gasteiger partial charge is 0.319 e. The van der Waals surface area contributed by atoms with Crippen molar-refractivity contribution in [3.05, 3.63) is 28.0 Å². The van der Waals surface area contributed by atoms with E-state index >= 15 is 0 Å². The van der Waals surface area contributed by atoms with Crippen molar-refractivity contribution in [1.82, 2.24) is 5.01 Å². The fourth-order valence-electron chi connectivity index (χ4n) is 2.40. The maximum atomic E-state index is 13.5. The third-order valence-corrected chi connectivity index (χ3v) is 3.96. The van der Waals surface area contributed by atoms with Gasteiger partial charge in [-0.2, -0.15) is 5.10 Å². The zero-order valence-electron chi connectivity index (χ0n) is 10.2. The molecule has 3 rings (SSSR count). The number of rotatable bonds is 1. The third-order valence-electron chi connectivity index (χ3n) is 3.34. The molecule has 0 spiro atoms. The number of nitrogens with one attached hydrogen (secondary N) is 1. The molecular weight excluding hydrogens is 313 g/mol. The molecule has 2 heterocycles. The Morgan fingerprint density at radius 2 is 2.00 bits per heavy atom. The topological polar surface area (TPSA) is 44.7 Å². The van der Waals surface area contributed by atoms with Gasteiger partial charge >= 0.3 is 0 Å². The fourth-order valence-corrected chi connectivity index (χ4v) is 2.93. The van der Waals surface area contributed by atoms with Gasteiger partial charge in [-0.1, -0.05) is 0 Å². The predicted octanol–water partition coefficient (Wildman–Crippen LogP) is 2.73. The van der Waals surface area contributed by atoms with Crippen molar-refractivity contribution in [3.8, 4) is 0 Å². The Morgan fingerprint density at radius 1 is 1.26 bits per heavy atom. The summed E-state index contributed by atoms with van der Waals surface area (Å²) in [4.78, 5) is 12.0. The average Bonchev–Trinajstić information content (AvgIpc) is 2.69. The zero-order valence-corrected chi connectivity index (χ0v) is 11.8. The van der Waals surface area contributed by atoms with Crippen LogP contribution in [0.15, 0.2) is 21.7 Å². The second kappa shape index (κ2) is 4.92. The summed E-state index contributed by atoms with van der Waals surface area (Å²) in [5.74, 6) is -0.652. The minimum Gasteiger partial charge on any atom is -0.319 e. The third kappa shape index (κ3) is 2.36. The lowest BCUT2D eigenvalue weighted by atomic mass is 10.1. The molecular formula is C13H13BrFN3O. The fraction of sp³-hybridized carbons (Fsp3) is 0.385. The molecule has 100 valence electrons. The van der Waals surface area contributed by atoms with E-state index in [1.807, 2.05) is 5.01 Å². The molecule has 0 aromatic heterocycles. The summed E-state index contributed by atoms with van der Waals surface area (Å²) >= 11 is 3.25. The van der Waals surface area contributed by atoms with E-state index in [1.54, 1.807) is 0 Å². The summed E-state index contributed by atoms with van der Waals surface area (Å²) in [5.41, 5.74) is 1.43. The van der Waals surface area contributed by atoms with E-state index < -0.39 is 0 Å². The SMILES string of the molecule is O=C1Nc2c(Br)cc(F)cc2/C1=N\N1CCCCC1. The summed E-state index contributed by atoms with van der Waals surface area (Å²) in [7, 11) is 0. The van der Waals surface area contributed by atoms with Crippen LogP contribution in [0.4, 0.5) is 10.1 Å². The molecule has 0 atom stereocenters. The zero-order chi connectivity index (χ0) is 13.4. The smallest absolute Gasteiger partial charge is 0.276 e. The number of hydrazone groups is 1.